The van der Waals surface area contributed by atoms with Gasteiger partial charge in [-0.15, -0.1) is 0 Å². The molecule has 1 unspecified atom stereocenters. The number of aromatic nitrogens is 4. The van der Waals surface area contributed by atoms with Crippen molar-refractivity contribution in [2.45, 2.75) is 24.4 Å². The average Bonchev–Trinajstić information content (AvgIpc) is 2.40. The van der Waals surface area contributed by atoms with Gasteiger partial charge < -0.3 is 5.11 Å². The Bertz CT molecular complexity index is 463. The maximum Gasteiger partial charge on any atom is 0.144 e. The molecule has 17 heavy (non-hydrogen) atoms. The molecule has 1 fully saturated rings. The molecular formula is C12H12N4O. The van der Waals surface area contributed by atoms with Gasteiger partial charge in [0, 0.05) is 24.8 Å². The first-order valence-electron chi connectivity index (χ1n) is 5.57. The summed E-state index contributed by atoms with van der Waals surface area (Å²) >= 11 is 0. The molecule has 86 valence electrons. The zero-order chi connectivity index (χ0) is 11.7. The summed E-state index contributed by atoms with van der Waals surface area (Å²) in [6.07, 6.45) is 7.72. The lowest BCUT2D eigenvalue weighted by Gasteiger charge is -2.43. The Balaban J connectivity index is 2.12. The van der Waals surface area contributed by atoms with Crippen LogP contribution in [-0.4, -0.2) is 31.1 Å². The van der Waals surface area contributed by atoms with Gasteiger partial charge in [0.15, 0.2) is 0 Å². The van der Waals surface area contributed by atoms with E-state index in [9.17, 15) is 5.11 Å². The minimum atomic E-state index is -0.622. The summed E-state index contributed by atoms with van der Waals surface area (Å²) in [5.41, 5.74) is -0.622. The molecule has 2 aromatic rings. The molecule has 2 aromatic heterocycles. The highest BCUT2D eigenvalue weighted by Gasteiger charge is 2.53. The van der Waals surface area contributed by atoms with Crippen LogP contribution in [0.25, 0.3) is 0 Å². The van der Waals surface area contributed by atoms with Crippen molar-refractivity contribution in [3.63, 3.8) is 0 Å². The summed E-state index contributed by atoms with van der Waals surface area (Å²) in [6.45, 7) is 0. The molecule has 5 nitrogen and oxygen atoms in total. The van der Waals surface area contributed by atoms with Gasteiger partial charge in [-0.25, -0.2) is 19.9 Å². The molecule has 1 atom stereocenters. The second-order valence-electron chi connectivity index (χ2n) is 4.17. The smallest absolute Gasteiger partial charge is 0.144 e. The molecule has 0 aliphatic heterocycles. The van der Waals surface area contributed by atoms with E-state index in [1.807, 2.05) is 0 Å². The van der Waals surface area contributed by atoms with Crippen LogP contribution >= 0.6 is 0 Å². The summed E-state index contributed by atoms with van der Waals surface area (Å²) in [4.78, 5) is 17.0. The minimum absolute atomic E-state index is 0.507. The molecule has 2 heterocycles. The Morgan fingerprint density at radius 3 is 1.71 bits per heavy atom. The van der Waals surface area contributed by atoms with E-state index in [2.05, 4.69) is 19.9 Å². The Hall–Kier alpha value is -1.88. The van der Waals surface area contributed by atoms with E-state index in [-0.39, 0.29) is 0 Å². The van der Waals surface area contributed by atoms with Crippen LogP contribution in [0.3, 0.4) is 0 Å². The largest absolute Gasteiger partial charge is 0.392 e. The molecule has 0 spiro atoms. The summed E-state index contributed by atoms with van der Waals surface area (Å²) in [5, 5.41) is 10.1. The topological polar surface area (TPSA) is 71.8 Å². The van der Waals surface area contributed by atoms with Gasteiger partial charge in [0.25, 0.3) is 0 Å². The van der Waals surface area contributed by atoms with Gasteiger partial charge in [0.05, 0.1) is 6.10 Å². The first kappa shape index (κ1) is 10.3. The third-order valence-corrected chi connectivity index (χ3v) is 3.31. The molecule has 0 aromatic carbocycles. The van der Waals surface area contributed by atoms with E-state index < -0.39 is 11.5 Å². The summed E-state index contributed by atoms with van der Waals surface area (Å²) in [6, 6.07) is 3.52. The maximum atomic E-state index is 10.1. The van der Waals surface area contributed by atoms with Gasteiger partial charge >= 0.3 is 0 Å². The Kier molecular flexibility index (Phi) is 2.33. The van der Waals surface area contributed by atoms with Crippen molar-refractivity contribution < 1.29 is 5.11 Å². The lowest BCUT2D eigenvalue weighted by atomic mass is 9.64. The minimum Gasteiger partial charge on any atom is -0.392 e. The lowest BCUT2D eigenvalue weighted by Crippen LogP contribution is -2.51. The Morgan fingerprint density at radius 2 is 1.41 bits per heavy atom. The van der Waals surface area contributed by atoms with Crippen molar-refractivity contribution in [2.75, 3.05) is 0 Å². The summed E-state index contributed by atoms with van der Waals surface area (Å²) in [7, 11) is 0. The van der Waals surface area contributed by atoms with Gasteiger partial charge in [-0.3, -0.25) is 0 Å². The second-order valence-corrected chi connectivity index (χ2v) is 4.17. The van der Waals surface area contributed by atoms with Gasteiger partial charge in [-0.1, -0.05) is 0 Å². The van der Waals surface area contributed by atoms with Crippen LogP contribution in [0.15, 0.2) is 36.9 Å². The van der Waals surface area contributed by atoms with Crippen molar-refractivity contribution in [1.82, 2.24) is 19.9 Å². The highest BCUT2D eigenvalue weighted by atomic mass is 16.3. The van der Waals surface area contributed by atoms with Crippen molar-refractivity contribution >= 4 is 0 Å². The van der Waals surface area contributed by atoms with E-state index in [4.69, 9.17) is 0 Å². The fourth-order valence-corrected chi connectivity index (χ4v) is 2.24. The zero-order valence-corrected chi connectivity index (χ0v) is 9.19. The SMILES string of the molecule is OC1CCC1(c1ncccn1)c1ncccn1. The summed E-state index contributed by atoms with van der Waals surface area (Å²) < 4.78 is 0. The second kappa shape index (κ2) is 3.85. The van der Waals surface area contributed by atoms with Crippen LogP contribution in [0.1, 0.15) is 24.5 Å². The molecule has 1 aliphatic rings. The van der Waals surface area contributed by atoms with Crippen LogP contribution < -0.4 is 0 Å². The molecule has 5 heteroatoms. The third-order valence-electron chi connectivity index (χ3n) is 3.31. The van der Waals surface area contributed by atoms with E-state index >= 15 is 0 Å². The number of nitrogens with zero attached hydrogens (tertiary/aromatic N) is 4. The molecule has 0 radical (unpaired) electrons. The molecule has 0 bridgehead atoms. The third kappa shape index (κ3) is 1.43. The van der Waals surface area contributed by atoms with Crippen LogP contribution in [-0.2, 0) is 5.41 Å². The number of hydrogen-bond acceptors (Lipinski definition) is 5. The number of aliphatic hydroxyl groups excluding tert-OH is 1. The van der Waals surface area contributed by atoms with Gasteiger partial charge in [-0.2, -0.15) is 0 Å². The first-order valence-corrected chi connectivity index (χ1v) is 5.57. The first-order chi connectivity index (χ1) is 8.34. The fraction of sp³-hybridized carbons (Fsp3) is 0.333. The van der Waals surface area contributed by atoms with Crippen LogP contribution in [0, 0.1) is 0 Å². The van der Waals surface area contributed by atoms with E-state index in [1.165, 1.54) is 0 Å². The van der Waals surface area contributed by atoms with Gasteiger partial charge in [0.2, 0.25) is 0 Å². The quantitative estimate of drug-likeness (QED) is 0.819. The molecule has 0 amide bonds. The number of rotatable bonds is 2. The van der Waals surface area contributed by atoms with E-state index in [1.54, 1.807) is 36.9 Å². The predicted molar refractivity (Wildman–Crippen MR) is 60.1 cm³/mol. The zero-order valence-electron chi connectivity index (χ0n) is 9.19. The van der Waals surface area contributed by atoms with Crippen molar-refractivity contribution in [1.29, 1.82) is 0 Å². The standard InChI is InChI=1S/C12H12N4O/c17-9-3-4-12(9,10-13-5-1-6-14-10)11-15-7-2-8-16-11/h1-2,5-9,17H,3-4H2. The molecule has 3 rings (SSSR count). The van der Waals surface area contributed by atoms with Crippen molar-refractivity contribution in [3.8, 4) is 0 Å². The fourth-order valence-electron chi connectivity index (χ4n) is 2.24. The Labute approximate surface area is 98.6 Å². The van der Waals surface area contributed by atoms with Gasteiger partial charge in [0.1, 0.15) is 17.1 Å². The van der Waals surface area contributed by atoms with E-state index in [0.717, 1.165) is 12.8 Å². The van der Waals surface area contributed by atoms with Gasteiger partial charge in [-0.05, 0) is 25.0 Å². The summed E-state index contributed by atoms with van der Waals surface area (Å²) in [5.74, 6) is 1.20. The number of aliphatic hydroxyl groups is 1. The van der Waals surface area contributed by atoms with Crippen LogP contribution in [0.2, 0.25) is 0 Å². The van der Waals surface area contributed by atoms with Crippen molar-refractivity contribution in [2.24, 2.45) is 0 Å². The highest BCUT2D eigenvalue weighted by molar-refractivity contribution is 5.29. The number of hydrogen-bond donors (Lipinski definition) is 1. The highest BCUT2D eigenvalue weighted by Crippen LogP contribution is 2.45. The molecule has 1 N–H and O–H groups in total. The Morgan fingerprint density at radius 1 is 0.941 bits per heavy atom. The van der Waals surface area contributed by atoms with Crippen molar-refractivity contribution in [3.05, 3.63) is 48.6 Å². The molecule has 1 saturated carbocycles. The van der Waals surface area contributed by atoms with Crippen LogP contribution in [0.5, 0.6) is 0 Å². The monoisotopic (exact) mass is 228 g/mol. The molecule has 0 saturated heterocycles. The molecule has 1 aliphatic carbocycles. The lowest BCUT2D eigenvalue weighted by molar-refractivity contribution is 0.00752. The molecular weight excluding hydrogens is 216 g/mol. The predicted octanol–water partition coefficient (Wildman–Crippen LogP) is 0.707. The van der Waals surface area contributed by atoms with E-state index in [0.29, 0.717) is 11.6 Å². The normalized spacial score (nSPS) is 21.8. The van der Waals surface area contributed by atoms with Crippen LogP contribution in [0.4, 0.5) is 0 Å². The maximum absolute atomic E-state index is 10.1. The average molecular weight is 228 g/mol.